The molecule has 2 atom stereocenters. The minimum Gasteiger partial charge on any atom is -0.391 e. The maximum Gasteiger partial charge on any atom is 0.259 e. The maximum atomic E-state index is 13.8. The Labute approximate surface area is 232 Å². The Morgan fingerprint density at radius 1 is 0.875 bits per heavy atom. The molecule has 0 aliphatic carbocycles. The van der Waals surface area contributed by atoms with Gasteiger partial charge in [-0.25, -0.2) is 8.78 Å². The quantitative estimate of drug-likeness (QED) is 0.388. The van der Waals surface area contributed by atoms with Crippen molar-refractivity contribution in [2.45, 2.75) is 59.2 Å². The van der Waals surface area contributed by atoms with Crippen LogP contribution in [0.25, 0.3) is 0 Å². The molecule has 0 saturated carbocycles. The highest BCUT2D eigenvalue weighted by Crippen LogP contribution is 2.34. The maximum absolute atomic E-state index is 13.8. The molecule has 0 fully saturated rings. The van der Waals surface area contributed by atoms with Crippen molar-refractivity contribution in [3.63, 3.8) is 0 Å². The number of carbonyl (C=O) groups is 4. The summed E-state index contributed by atoms with van der Waals surface area (Å²) in [5.41, 5.74) is 1.10. The number of nitrogens with one attached hydrogen (secondary N) is 2. The van der Waals surface area contributed by atoms with Crippen molar-refractivity contribution in [3.05, 3.63) is 59.7 Å². The highest BCUT2D eigenvalue weighted by atomic mass is 19.1. The van der Waals surface area contributed by atoms with Crippen molar-refractivity contribution >= 4 is 35.0 Å². The average Bonchev–Trinajstić information content (AvgIpc) is 2.92. The Bertz CT molecular complexity index is 1200. The summed E-state index contributed by atoms with van der Waals surface area (Å²) in [4.78, 5) is 56.5. The molecule has 0 radical (unpaired) electrons. The first kappa shape index (κ1) is 30.7. The largest absolute Gasteiger partial charge is 0.391 e. The standard InChI is InChI=1S/C29H36F2N4O5/c1-16(2)14-34-22-8-6-7-9-23(22)35(15-17(3)4)29(40)26(28(34)39)33-27(38)25(18(5)36)32-24(37)12-19-10-20(30)13-21(31)11-19/h6-11,13,16-18,25-26,36H,12,14-15H2,1-5H3,(H,32,37)(H,33,38)/t18-,25+/m1/s1. The molecule has 3 N–H and O–H groups in total. The van der Waals surface area contributed by atoms with Crippen molar-refractivity contribution < 1.29 is 33.1 Å². The molecular formula is C29H36F2N4O5. The van der Waals surface area contributed by atoms with E-state index in [9.17, 15) is 33.1 Å². The van der Waals surface area contributed by atoms with E-state index in [1.165, 1.54) is 16.7 Å². The van der Waals surface area contributed by atoms with Crippen molar-refractivity contribution in [1.29, 1.82) is 0 Å². The molecule has 0 bridgehead atoms. The van der Waals surface area contributed by atoms with E-state index < -0.39 is 59.9 Å². The Morgan fingerprint density at radius 3 is 1.77 bits per heavy atom. The van der Waals surface area contributed by atoms with Gasteiger partial charge in [0.1, 0.15) is 17.7 Å². The summed E-state index contributed by atoms with van der Waals surface area (Å²) in [6, 6.07) is 6.48. The molecule has 9 nitrogen and oxygen atoms in total. The van der Waals surface area contributed by atoms with Crippen LogP contribution < -0.4 is 20.4 Å². The lowest BCUT2D eigenvalue weighted by Crippen LogP contribution is -2.61. The number of para-hydroxylation sites is 2. The number of carbonyl (C=O) groups excluding carboxylic acids is 4. The van der Waals surface area contributed by atoms with E-state index in [4.69, 9.17) is 0 Å². The molecule has 40 heavy (non-hydrogen) atoms. The molecule has 3 rings (SSSR count). The summed E-state index contributed by atoms with van der Waals surface area (Å²) in [5, 5.41) is 15.1. The van der Waals surface area contributed by atoms with Crippen LogP contribution in [0.2, 0.25) is 0 Å². The number of fused-ring (bicyclic) bond motifs is 1. The van der Waals surface area contributed by atoms with Crippen LogP contribution in [0, 0.1) is 23.5 Å². The summed E-state index contributed by atoms with van der Waals surface area (Å²) in [5.74, 6) is -4.69. The number of amides is 4. The first-order chi connectivity index (χ1) is 18.8. The van der Waals surface area contributed by atoms with E-state index in [1.807, 2.05) is 27.7 Å². The number of hydrogen-bond acceptors (Lipinski definition) is 5. The zero-order chi connectivity index (χ0) is 29.7. The van der Waals surface area contributed by atoms with Crippen molar-refractivity contribution in [2.75, 3.05) is 22.9 Å². The smallest absolute Gasteiger partial charge is 0.259 e. The number of hydrogen-bond donors (Lipinski definition) is 3. The second-order valence-corrected chi connectivity index (χ2v) is 10.9. The number of aliphatic hydroxyl groups excluding tert-OH is 1. The van der Waals surface area contributed by atoms with Gasteiger partial charge in [-0.3, -0.25) is 19.2 Å². The van der Waals surface area contributed by atoms with Gasteiger partial charge in [-0.1, -0.05) is 39.8 Å². The average molecular weight is 559 g/mol. The third-order valence-corrected chi connectivity index (χ3v) is 6.24. The van der Waals surface area contributed by atoms with Gasteiger partial charge in [-0.05, 0) is 48.6 Å². The highest BCUT2D eigenvalue weighted by molar-refractivity contribution is 6.21. The van der Waals surface area contributed by atoms with Crippen LogP contribution in [-0.2, 0) is 25.6 Å². The lowest BCUT2D eigenvalue weighted by Gasteiger charge is -2.28. The van der Waals surface area contributed by atoms with Gasteiger partial charge in [-0.2, -0.15) is 0 Å². The lowest BCUT2D eigenvalue weighted by atomic mass is 10.1. The van der Waals surface area contributed by atoms with Crippen LogP contribution in [-0.4, -0.2) is 60.0 Å². The summed E-state index contributed by atoms with van der Waals surface area (Å²) in [7, 11) is 0. The van der Waals surface area contributed by atoms with Crippen molar-refractivity contribution in [2.24, 2.45) is 11.8 Å². The summed E-state index contributed by atoms with van der Waals surface area (Å²) in [6.07, 6.45) is -1.88. The molecule has 0 saturated heterocycles. The fourth-order valence-corrected chi connectivity index (χ4v) is 4.57. The van der Waals surface area contributed by atoms with Gasteiger partial charge in [0.2, 0.25) is 11.8 Å². The molecule has 2 aromatic rings. The molecule has 0 aromatic heterocycles. The van der Waals surface area contributed by atoms with E-state index in [2.05, 4.69) is 10.6 Å². The third kappa shape index (κ3) is 7.41. The van der Waals surface area contributed by atoms with Gasteiger partial charge in [0.25, 0.3) is 11.8 Å². The Kier molecular flexibility index (Phi) is 9.97. The molecular weight excluding hydrogens is 522 g/mol. The second kappa shape index (κ2) is 13.0. The molecule has 1 heterocycles. The zero-order valence-corrected chi connectivity index (χ0v) is 23.3. The number of benzene rings is 2. The topological polar surface area (TPSA) is 119 Å². The summed E-state index contributed by atoms with van der Waals surface area (Å²) < 4.78 is 27.1. The Balaban J connectivity index is 1.90. The number of nitrogens with zero attached hydrogens (tertiary/aromatic N) is 2. The SMILES string of the molecule is CC(C)CN1C(=O)C(NC(=O)[C@@H](NC(=O)Cc2cc(F)cc(F)c2)[C@@H](C)O)C(=O)N(CC(C)C)c2ccccc21. The molecule has 4 amide bonds. The van der Waals surface area contributed by atoms with E-state index in [0.29, 0.717) is 17.4 Å². The molecule has 11 heteroatoms. The Morgan fingerprint density at radius 2 is 1.35 bits per heavy atom. The van der Waals surface area contributed by atoms with Crippen molar-refractivity contribution in [3.8, 4) is 0 Å². The number of aliphatic hydroxyl groups is 1. The third-order valence-electron chi connectivity index (χ3n) is 6.24. The number of halogens is 2. The number of rotatable bonds is 10. The fraction of sp³-hybridized carbons (Fsp3) is 0.448. The normalized spacial score (nSPS) is 15.7. The second-order valence-electron chi connectivity index (χ2n) is 10.9. The molecule has 1 aliphatic heterocycles. The molecule has 216 valence electrons. The molecule has 0 unspecified atom stereocenters. The van der Waals surface area contributed by atoms with Crippen LogP contribution in [0.15, 0.2) is 42.5 Å². The van der Waals surface area contributed by atoms with Gasteiger partial charge in [0, 0.05) is 19.2 Å². The van der Waals surface area contributed by atoms with E-state index >= 15 is 0 Å². The van der Waals surface area contributed by atoms with Gasteiger partial charge in [0.15, 0.2) is 6.04 Å². The van der Waals surface area contributed by atoms with E-state index in [-0.39, 0.29) is 30.5 Å². The predicted octanol–water partition coefficient (Wildman–Crippen LogP) is 2.55. The Hall–Kier alpha value is -3.86. The van der Waals surface area contributed by atoms with Crippen LogP contribution in [0.3, 0.4) is 0 Å². The van der Waals surface area contributed by atoms with Crippen LogP contribution in [0.5, 0.6) is 0 Å². The first-order valence-corrected chi connectivity index (χ1v) is 13.2. The highest BCUT2D eigenvalue weighted by Gasteiger charge is 2.42. The van der Waals surface area contributed by atoms with Gasteiger partial charge in [0.05, 0.1) is 23.9 Å². The van der Waals surface area contributed by atoms with Crippen LogP contribution in [0.1, 0.15) is 40.2 Å². The predicted molar refractivity (Wildman–Crippen MR) is 146 cm³/mol. The van der Waals surface area contributed by atoms with Gasteiger partial charge in [-0.15, -0.1) is 0 Å². The van der Waals surface area contributed by atoms with E-state index in [0.717, 1.165) is 12.1 Å². The van der Waals surface area contributed by atoms with E-state index in [1.54, 1.807) is 24.3 Å². The molecule has 0 spiro atoms. The van der Waals surface area contributed by atoms with Gasteiger partial charge < -0.3 is 25.5 Å². The molecule has 2 aromatic carbocycles. The van der Waals surface area contributed by atoms with Crippen LogP contribution in [0.4, 0.5) is 20.2 Å². The lowest BCUT2D eigenvalue weighted by molar-refractivity contribution is -0.137. The minimum absolute atomic E-state index is 0.0280. The number of anilines is 2. The summed E-state index contributed by atoms with van der Waals surface area (Å²) >= 11 is 0. The first-order valence-electron chi connectivity index (χ1n) is 13.2. The zero-order valence-electron chi connectivity index (χ0n) is 23.3. The monoisotopic (exact) mass is 558 g/mol. The van der Waals surface area contributed by atoms with Crippen LogP contribution >= 0.6 is 0 Å². The summed E-state index contributed by atoms with van der Waals surface area (Å²) in [6.45, 7) is 9.51. The fourth-order valence-electron chi connectivity index (χ4n) is 4.57. The van der Waals surface area contributed by atoms with Crippen molar-refractivity contribution in [1.82, 2.24) is 10.6 Å². The molecule has 1 aliphatic rings. The van der Waals surface area contributed by atoms with Gasteiger partial charge >= 0.3 is 0 Å². The minimum atomic E-state index is -1.62.